The van der Waals surface area contributed by atoms with Crippen LogP contribution in [-0.4, -0.2) is 45.9 Å². The lowest BCUT2D eigenvalue weighted by Gasteiger charge is -2.32. The summed E-state index contributed by atoms with van der Waals surface area (Å²) in [6.45, 7) is 4.92. The molecule has 0 amide bonds. The van der Waals surface area contributed by atoms with E-state index < -0.39 is 10.2 Å². The van der Waals surface area contributed by atoms with Crippen molar-refractivity contribution in [3.63, 3.8) is 0 Å². The lowest BCUT2D eigenvalue weighted by Crippen LogP contribution is -2.48. The molecule has 1 aliphatic carbocycles. The third-order valence-corrected chi connectivity index (χ3v) is 5.62. The molecule has 6 heteroatoms. The SMILES string of the molecule is CNCC1CCCN(S(=O)(=O)NCC2(C)CC2)C1. The molecule has 0 spiro atoms. The maximum Gasteiger partial charge on any atom is 0.279 e. The summed E-state index contributed by atoms with van der Waals surface area (Å²) < 4.78 is 28.8. The minimum atomic E-state index is -3.27. The van der Waals surface area contributed by atoms with Gasteiger partial charge in [0.2, 0.25) is 0 Å². The van der Waals surface area contributed by atoms with Gasteiger partial charge in [-0.25, -0.2) is 4.72 Å². The van der Waals surface area contributed by atoms with Crippen molar-refractivity contribution in [2.75, 3.05) is 33.2 Å². The molecule has 1 aliphatic heterocycles. The Kier molecular flexibility index (Phi) is 4.31. The summed E-state index contributed by atoms with van der Waals surface area (Å²) in [4.78, 5) is 0. The zero-order valence-corrected chi connectivity index (χ0v) is 12.2. The number of hydrogen-bond acceptors (Lipinski definition) is 3. The summed E-state index contributed by atoms with van der Waals surface area (Å²) >= 11 is 0. The molecule has 0 radical (unpaired) electrons. The van der Waals surface area contributed by atoms with Crippen LogP contribution < -0.4 is 10.0 Å². The molecule has 0 bridgehead atoms. The molecule has 106 valence electrons. The van der Waals surface area contributed by atoms with E-state index in [1.54, 1.807) is 4.31 Å². The van der Waals surface area contributed by atoms with Gasteiger partial charge in [-0.3, -0.25) is 0 Å². The van der Waals surface area contributed by atoms with Crippen molar-refractivity contribution in [1.82, 2.24) is 14.3 Å². The first-order valence-electron chi connectivity index (χ1n) is 6.84. The van der Waals surface area contributed by atoms with Crippen LogP contribution in [0.5, 0.6) is 0 Å². The highest BCUT2D eigenvalue weighted by Crippen LogP contribution is 2.44. The van der Waals surface area contributed by atoms with E-state index in [1.165, 1.54) is 0 Å². The summed E-state index contributed by atoms with van der Waals surface area (Å²) in [6, 6.07) is 0. The number of nitrogens with zero attached hydrogens (tertiary/aromatic N) is 1. The maximum absolute atomic E-state index is 12.2. The molecule has 2 N–H and O–H groups in total. The Morgan fingerprint density at radius 1 is 1.39 bits per heavy atom. The van der Waals surface area contributed by atoms with Crippen LogP contribution in [0.4, 0.5) is 0 Å². The van der Waals surface area contributed by atoms with Gasteiger partial charge in [-0.05, 0) is 50.6 Å². The highest BCUT2D eigenvalue weighted by molar-refractivity contribution is 7.87. The molecule has 2 rings (SSSR count). The molecule has 1 saturated heterocycles. The quantitative estimate of drug-likeness (QED) is 0.744. The number of piperidine rings is 1. The molecule has 1 atom stereocenters. The van der Waals surface area contributed by atoms with Crippen molar-refractivity contribution in [2.24, 2.45) is 11.3 Å². The summed E-state index contributed by atoms with van der Waals surface area (Å²) in [5, 5.41) is 3.13. The fourth-order valence-corrected chi connectivity index (χ4v) is 3.94. The summed E-state index contributed by atoms with van der Waals surface area (Å²) in [5.74, 6) is 0.442. The van der Waals surface area contributed by atoms with Crippen LogP contribution in [0.25, 0.3) is 0 Å². The third-order valence-electron chi connectivity index (χ3n) is 4.10. The zero-order valence-electron chi connectivity index (χ0n) is 11.4. The normalized spacial score (nSPS) is 28.2. The molecule has 0 aromatic heterocycles. The smallest absolute Gasteiger partial charge is 0.279 e. The van der Waals surface area contributed by atoms with Gasteiger partial charge in [-0.15, -0.1) is 0 Å². The number of nitrogens with one attached hydrogen (secondary N) is 2. The van der Waals surface area contributed by atoms with Crippen LogP contribution in [0.1, 0.15) is 32.6 Å². The molecule has 0 aromatic rings. The average molecular weight is 275 g/mol. The molecule has 0 aromatic carbocycles. The van der Waals surface area contributed by atoms with Crippen LogP contribution in [0.3, 0.4) is 0 Å². The molecule has 2 fully saturated rings. The second-order valence-corrected chi connectivity index (χ2v) is 7.82. The van der Waals surface area contributed by atoms with Crippen molar-refractivity contribution in [2.45, 2.75) is 32.6 Å². The first-order valence-corrected chi connectivity index (χ1v) is 8.29. The summed E-state index contributed by atoms with van der Waals surface area (Å²) in [6.07, 6.45) is 4.35. The van der Waals surface area contributed by atoms with Crippen LogP contribution in [0.15, 0.2) is 0 Å². The van der Waals surface area contributed by atoms with E-state index in [0.29, 0.717) is 25.6 Å². The van der Waals surface area contributed by atoms with Crippen molar-refractivity contribution < 1.29 is 8.42 Å². The highest BCUT2D eigenvalue weighted by Gasteiger charge is 2.39. The van der Waals surface area contributed by atoms with E-state index in [9.17, 15) is 8.42 Å². The van der Waals surface area contributed by atoms with Gasteiger partial charge in [0, 0.05) is 19.6 Å². The first kappa shape index (κ1) is 14.2. The van der Waals surface area contributed by atoms with E-state index in [-0.39, 0.29) is 5.41 Å². The first-order chi connectivity index (χ1) is 8.45. The van der Waals surface area contributed by atoms with Gasteiger partial charge in [-0.1, -0.05) is 6.92 Å². The third kappa shape index (κ3) is 3.66. The molecule has 18 heavy (non-hydrogen) atoms. The molecular weight excluding hydrogens is 250 g/mol. The largest absolute Gasteiger partial charge is 0.319 e. The van der Waals surface area contributed by atoms with Gasteiger partial charge in [0.1, 0.15) is 0 Å². The average Bonchev–Trinajstić information content (AvgIpc) is 3.07. The van der Waals surface area contributed by atoms with Crippen LogP contribution in [-0.2, 0) is 10.2 Å². The van der Waals surface area contributed by atoms with E-state index in [4.69, 9.17) is 0 Å². The fraction of sp³-hybridized carbons (Fsp3) is 1.00. The molecule has 1 saturated carbocycles. The van der Waals surface area contributed by atoms with E-state index >= 15 is 0 Å². The monoisotopic (exact) mass is 275 g/mol. The van der Waals surface area contributed by atoms with Gasteiger partial charge >= 0.3 is 0 Å². The minimum Gasteiger partial charge on any atom is -0.319 e. The van der Waals surface area contributed by atoms with Crippen LogP contribution in [0, 0.1) is 11.3 Å². The summed E-state index contributed by atoms with van der Waals surface area (Å²) in [7, 11) is -1.36. The lowest BCUT2D eigenvalue weighted by molar-refractivity contribution is 0.260. The van der Waals surface area contributed by atoms with Crippen LogP contribution in [0.2, 0.25) is 0 Å². The Hall–Kier alpha value is -0.170. The molecule has 5 nitrogen and oxygen atoms in total. The Morgan fingerprint density at radius 3 is 2.72 bits per heavy atom. The van der Waals surface area contributed by atoms with E-state index in [0.717, 1.165) is 32.2 Å². The minimum absolute atomic E-state index is 0.216. The predicted molar refractivity (Wildman–Crippen MR) is 72.5 cm³/mol. The van der Waals surface area contributed by atoms with E-state index in [2.05, 4.69) is 17.0 Å². The van der Waals surface area contributed by atoms with Crippen molar-refractivity contribution in [3.05, 3.63) is 0 Å². The topological polar surface area (TPSA) is 61.4 Å². The highest BCUT2D eigenvalue weighted by atomic mass is 32.2. The Bertz CT molecular complexity index is 377. The van der Waals surface area contributed by atoms with Gasteiger partial charge < -0.3 is 5.32 Å². The maximum atomic E-state index is 12.2. The predicted octanol–water partition coefficient (Wildman–Crippen LogP) is 0.552. The number of hydrogen-bond donors (Lipinski definition) is 2. The molecular formula is C12H25N3O2S. The van der Waals surface area contributed by atoms with E-state index in [1.807, 2.05) is 7.05 Å². The summed E-state index contributed by atoms with van der Waals surface area (Å²) in [5.41, 5.74) is 0.216. The molecule has 1 heterocycles. The number of rotatable bonds is 6. The molecule has 1 unspecified atom stereocenters. The fourth-order valence-electron chi connectivity index (χ4n) is 2.45. The Labute approximate surface area is 110 Å². The van der Waals surface area contributed by atoms with Crippen molar-refractivity contribution in [1.29, 1.82) is 0 Å². The van der Waals surface area contributed by atoms with Gasteiger partial charge in [-0.2, -0.15) is 12.7 Å². The van der Waals surface area contributed by atoms with Gasteiger partial charge in [0.15, 0.2) is 0 Å². The van der Waals surface area contributed by atoms with Gasteiger partial charge in [0.05, 0.1) is 0 Å². The molecule has 2 aliphatic rings. The zero-order chi connectivity index (χ0) is 13.2. The lowest BCUT2D eigenvalue weighted by atomic mass is 10.00. The van der Waals surface area contributed by atoms with Crippen LogP contribution >= 0.6 is 0 Å². The standard InChI is InChI=1S/C12H25N3O2S/c1-12(5-6-12)10-14-18(16,17)15-7-3-4-11(9-15)8-13-2/h11,13-14H,3-10H2,1-2H3. The second kappa shape index (κ2) is 5.45. The van der Waals surface area contributed by atoms with Crippen molar-refractivity contribution in [3.8, 4) is 0 Å². The Balaban J connectivity index is 1.87. The van der Waals surface area contributed by atoms with Gasteiger partial charge in [0.25, 0.3) is 10.2 Å². The van der Waals surface area contributed by atoms with Crippen molar-refractivity contribution >= 4 is 10.2 Å². The second-order valence-electron chi connectivity index (χ2n) is 6.06. The Morgan fingerprint density at radius 2 is 2.11 bits per heavy atom.